The quantitative estimate of drug-likeness (QED) is 0.257. The smallest absolute Gasteiger partial charge is 0.191 e. The van der Waals surface area contributed by atoms with Crippen molar-refractivity contribution in [2.75, 3.05) is 39.4 Å². The van der Waals surface area contributed by atoms with E-state index in [0.717, 1.165) is 43.6 Å². The number of aliphatic hydroxyl groups excluding tert-OH is 1. The molecule has 1 heterocycles. The zero-order valence-electron chi connectivity index (χ0n) is 18.9. The predicted molar refractivity (Wildman–Crippen MR) is 133 cm³/mol. The Morgan fingerprint density at radius 1 is 1.27 bits per heavy atom. The summed E-state index contributed by atoms with van der Waals surface area (Å²) in [6, 6.07) is 8.33. The number of aliphatic hydroxyl groups is 1. The highest BCUT2D eigenvalue weighted by molar-refractivity contribution is 14.0. The summed E-state index contributed by atoms with van der Waals surface area (Å²) in [6.45, 7) is 14.8. The lowest BCUT2D eigenvalue weighted by Gasteiger charge is -2.37. The van der Waals surface area contributed by atoms with Crippen molar-refractivity contribution in [3.05, 3.63) is 29.8 Å². The highest BCUT2D eigenvalue weighted by atomic mass is 127. The highest BCUT2D eigenvalue weighted by Gasteiger charge is 2.23. The van der Waals surface area contributed by atoms with Gasteiger partial charge in [-0.15, -0.1) is 24.0 Å². The van der Waals surface area contributed by atoms with Gasteiger partial charge in [-0.3, -0.25) is 9.89 Å². The van der Waals surface area contributed by atoms with Gasteiger partial charge in [-0.25, -0.2) is 0 Å². The number of ether oxygens (including phenoxy) is 2. The maximum atomic E-state index is 10.5. The van der Waals surface area contributed by atoms with Gasteiger partial charge in [0.25, 0.3) is 0 Å². The zero-order chi connectivity index (χ0) is 21.2. The molecule has 0 aliphatic carbocycles. The van der Waals surface area contributed by atoms with E-state index in [4.69, 9.17) is 14.5 Å². The second kappa shape index (κ2) is 14.1. The molecule has 3 unspecified atom stereocenters. The number of halogens is 1. The van der Waals surface area contributed by atoms with E-state index in [-0.39, 0.29) is 30.1 Å². The largest absolute Gasteiger partial charge is 0.491 e. The Balaban J connectivity index is 0.00000450. The van der Waals surface area contributed by atoms with Crippen molar-refractivity contribution in [2.45, 2.75) is 58.9 Å². The second-order valence-electron chi connectivity index (χ2n) is 7.86. The summed E-state index contributed by atoms with van der Waals surface area (Å²) >= 11 is 0. The Labute approximate surface area is 198 Å². The molecule has 2 rings (SSSR count). The lowest BCUT2D eigenvalue weighted by Crippen LogP contribution is -2.49. The van der Waals surface area contributed by atoms with Gasteiger partial charge in [-0.2, -0.15) is 0 Å². The van der Waals surface area contributed by atoms with Crippen molar-refractivity contribution in [3.63, 3.8) is 0 Å². The molecule has 1 aromatic carbocycles. The van der Waals surface area contributed by atoms with Crippen LogP contribution in [0.4, 0.5) is 0 Å². The summed E-state index contributed by atoms with van der Waals surface area (Å²) in [4.78, 5) is 7.15. The van der Waals surface area contributed by atoms with Crippen molar-refractivity contribution in [1.82, 2.24) is 15.5 Å². The number of guanidine groups is 1. The van der Waals surface area contributed by atoms with Gasteiger partial charge in [0, 0.05) is 31.7 Å². The number of hydrogen-bond donors (Lipinski definition) is 3. The fourth-order valence-electron chi connectivity index (χ4n) is 3.42. The van der Waals surface area contributed by atoms with E-state index in [0.29, 0.717) is 25.2 Å². The molecule has 1 aliphatic heterocycles. The third-order valence-corrected chi connectivity index (χ3v) is 4.94. The van der Waals surface area contributed by atoms with Crippen molar-refractivity contribution in [2.24, 2.45) is 4.99 Å². The molecule has 0 saturated carbocycles. The van der Waals surface area contributed by atoms with Crippen LogP contribution >= 0.6 is 24.0 Å². The van der Waals surface area contributed by atoms with Crippen LogP contribution < -0.4 is 15.4 Å². The summed E-state index contributed by atoms with van der Waals surface area (Å²) in [5, 5.41) is 17.0. The molecular formula is C22H39IN4O3. The summed E-state index contributed by atoms with van der Waals surface area (Å²) in [5.41, 5.74) is 0.847. The van der Waals surface area contributed by atoms with Crippen LogP contribution in [-0.2, 0) is 4.74 Å². The van der Waals surface area contributed by atoms with E-state index in [2.05, 4.69) is 29.4 Å². The Kier molecular flexibility index (Phi) is 12.6. The molecule has 0 amide bonds. The number of benzene rings is 1. The van der Waals surface area contributed by atoms with E-state index in [1.54, 1.807) is 0 Å². The molecule has 8 heteroatoms. The number of aliphatic imine (C=N–C) groups is 1. The Morgan fingerprint density at radius 2 is 1.97 bits per heavy atom. The minimum absolute atomic E-state index is 0. The zero-order valence-corrected chi connectivity index (χ0v) is 21.3. The van der Waals surface area contributed by atoms with Gasteiger partial charge in [-0.1, -0.05) is 12.1 Å². The van der Waals surface area contributed by atoms with Crippen LogP contribution in [-0.4, -0.2) is 73.5 Å². The first-order valence-electron chi connectivity index (χ1n) is 10.7. The standard InChI is InChI=1S/C22H38N4O3.HI/c1-6-23-22(24-13-17(4)26-11-12-28-15-18(26)5)25-14-21(27)19-7-9-20(10-8-19)29-16(2)3;/h7-10,16-18,21,27H,6,11-15H2,1-5H3,(H2,23,24,25);1H. The monoisotopic (exact) mass is 534 g/mol. The van der Waals surface area contributed by atoms with E-state index < -0.39 is 6.10 Å². The average Bonchev–Trinajstić information content (AvgIpc) is 2.70. The Bertz CT molecular complexity index is 627. The van der Waals surface area contributed by atoms with Crippen LogP contribution in [0.2, 0.25) is 0 Å². The van der Waals surface area contributed by atoms with Crippen LogP contribution in [0.15, 0.2) is 29.3 Å². The number of nitrogens with zero attached hydrogens (tertiary/aromatic N) is 2. The van der Waals surface area contributed by atoms with Crippen molar-refractivity contribution < 1.29 is 14.6 Å². The fourth-order valence-corrected chi connectivity index (χ4v) is 3.42. The molecule has 0 radical (unpaired) electrons. The van der Waals surface area contributed by atoms with Crippen molar-refractivity contribution in [3.8, 4) is 5.75 Å². The molecule has 0 spiro atoms. The van der Waals surface area contributed by atoms with Gasteiger partial charge < -0.3 is 25.2 Å². The normalized spacial score (nSPS) is 19.7. The van der Waals surface area contributed by atoms with E-state index in [1.165, 1.54) is 0 Å². The van der Waals surface area contributed by atoms with Crippen LogP contribution in [0.25, 0.3) is 0 Å². The molecule has 1 fully saturated rings. The van der Waals surface area contributed by atoms with Gasteiger partial charge >= 0.3 is 0 Å². The van der Waals surface area contributed by atoms with Gasteiger partial charge in [0.05, 0.1) is 32.0 Å². The molecule has 30 heavy (non-hydrogen) atoms. The number of morpholine rings is 1. The summed E-state index contributed by atoms with van der Waals surface area (Å²) < 4.78 is 11.2. The van der Waals surface area contributed by atoms with Crippen LogP contribution in [0.1, 0.15) is 46.3 Å². The third kappa shape index (κ3) is 8.95. The van der Waals surface area contributed by atoms with E-state index >= 15 is 0 Å². The Morgan fingerprint density at radius 3 is 2.57 bits per heavy atom. The SMILES string of the molecule is CCNC(=NCC(C)N1CCOCC1C)NCC(O)c1ccc(OC(C)C)cc1.I. The first kappa shape index (κ1) is 26.9. The maximum Gasteiger partial charge on any atom is 0.191 e. The molecule has 0 aromatic heterocycles. The molecule has 1 saturated heterocycles. The second-order valence-corrected chi connectivity index (χ2v) is 7.86. The maximum absolute atomic E-state index is 10.5. The average molecular weight is 534 g/mol. The van der Waals surface area contributed by atoms with Gasteiger partial charge in [0.15, 0.2) is 5.96 Å². The summed E-state index contributed by atoms with van der Waals surface area (Å²) in [5.74, 6) is 1.53. The minimum Gasteiger partial charge on any atom is -0.491 e. The van der Waals surface area contributed by atoms with E-state index in [9.17, 15) is 5.11 Å². The lowest BCUT2D eigenvalue weighted by molar-refractivity contribution is -0.0165. The summed E-state index contributed by atoms with van der Waals surface area (Å²) in [6.07, 6.45) is -0.488. The molecule has 1 aliphatic rings. The highest BCUT2D eigenvalue weighted by Crippen LogP contribution is 2.18. The summed E-state index contributed by atoms with van der Waals surface area (Å²) in [7, 11) is 0. The van der Waals surface area contributed by atoms with E-state index in [1.807, 2.05) is 45.0 Å². The van der Waals surface area contributed by atoms with Gasteiger partial charge in [0.1, 0.15) is 5.75 Å². The van der Waals surface area contributed by atoms with Crippen LogP contribution in [0, 0.1) is 0 Å². The predicted octanol–water partition coefficient (Wildman–Crippen LogP) is 2.79. The molecule has 1 aromatic rings. The number of nitrogens with one attached hydrogen (secondary N) is 2. The molecule has 172 valence electrons. The van der Waals surface area contributed by atoms with Gasteiger partial charge in [0.2, 0.25) is 0 Å². The minimum atomic E-state index is -0.622. The molecule has 0 bridgehead atoms. The lowest BCUT2D eigenvalue weighted by atomic mass is 10.1. The first-order chi connectivity index (χ1) is 13.9. The number of rotatable bonds is 9. The topological polar surface area (TPSA) is 78.4 Å². The molecule has 3 N–H and O–H groups in total. The Hall–Kier alpha value is -1.10. The van der Waals surface area contributed by atoms with Gasteiger partial charge in [-0.05, 0) is 52.3 Å². The number of hydrogen-bond acceptors (Lipinski definition) is 5. The van der Waals surface area contributed by atoms with Crippen molar-refractivity contribution >= 4 is 29.9 Å². The first-order valence-corrected chi connectivity index (χ1v) is 10.7. The molecular weight excluding hydrogens is 495 g/mol. The molecule has 3 atom stereocenters. The van der Waals surface area contributed by atoms with Crippen LogP contribution in [0.3, 0.4) is 0 Å². The fraction of sp³-hybridized carbons (Fsp3) is 0.682. The van der Waals surface area contributed by atoms with Crippen molar-refractivity contribution in [1.29, 1.82) is 0 Å². The van der Waals surface area contributed by atoms with Crippen LogP contribution in [0.5, 0.6) is 5.75 Å². The molecule has 7 nitrogen and oxygen atoms in total. The third-order valence-electron chi connectivity index (χ3n) is 4.94.